The van der Waals surface area contributed by atoms with E-state index in [-0.39, 0.29) is 5.56 Å². The molecule has 1 aromatic rings. The Morgan fingerprint density at radius 3 is 2.71 bits per heavy atom. The van der Waals surface area contributed by atoms with Crippen molar-refractivity contribution in [2.75, 3.05) is 0 Å². The number of aromatic carboxylic acids is 1. The molecule has 0 atom stereocenters. The van der Waals surface area contributed by atoms with Gasteiger partial charge in [-0.3, -0.25) is 0 Å². The van der Waals surface area contributed by atoms with Gasteiger partial charge in [-0.25, -0.2) is 4.79 Å². The Labute approximate surface area is 95.2 Å². The number of benzene rings is 1. The molecule has 74 valence electrons. The van der Waals surface area contributed by atoms with E-state index >= 15 is 0 Å². The van der Waals surface area contributed by atoms with Crippen LogP contribution in [0.1, 0.15) is 23.2 Å². The Hall–Kier alpha value is -0.780. The average Bonchev–Trinajstić information content (AvgIpc) is 2.87. The monoisotopic (exact) mass is 304 g/mol. The highest BCUT2D eigenvalue weighted by Gasteiger charge is 2.23. The van der Waals surface area contributed by atoms with Crippen molar-refractivity contribution < 1.29 is 14.6 Å². The molecule has 0 aliphatic heterocycles. The summed E-state index contributed by atoms with van der Waals surface area (Å²) in [5, 5.41) is 8.82. The van der Waals surface area contributed by atoms with Crippen LogP contribution in [0.5, 0.6) is 5.75 Å². The maximum Gasteiger partial charge on any atom is 0.335 e. The fourth-order valence-electron chi connectivity index (χ4n) is 1.13. The van der Waals surface area contributed by atoms with Crippen molar-refractivity contribution in [1.82, 2.24) is 0 Å². The van der Waals surface area contributed by atoms with Crippen LogP contribution in [-0.2, 0) is 0 Å². The summed E-state index contributed by atoms with van der Waals surface area (Å²) in [5.41, 5.74) is 0.285. The van der Waals surface area contributed by atoms with Gasteiger partial charge in [-0.2, -0.15) is 0 Å². The van der Waals surface area contributed by atoms with Gasteiger partial charge in [-0.15, -0.1) is 0 Å². The molecule has 1 aliphatic rings. The highest BCUT2D eigenvalue weighted by molar-refractivity contribution is 14.1. The SMILES string of the molecule is O=C(O)c1cc(I)cc(OC2CC2)c1. The fraction of sp³-hybridized carbons (Fsp3) is 0.300. The lowest BCUT2D eigenvalue weighted by molar-refractivity contribution is 0.0696. The predicted octanol–water partition coefficient (Wildman–Crippen LogP) is 2.53. The van der Waals surface area contributed by atoms with E-state index in [0.717, 1.165) is 16.4 Å². The molecule has 0 unspecified atom stereocenters. The van der Waals surface area contributed by atoms with Crippen molar-refractivity contribution in [3.63, 3.8) is 0 Å². The molecule has 1 N–H and O–H groups in total. The van der Waals surface area contributed by atoms with E-state index < -0.39 is 5.97 Å². The van der Waals surface area contributed by atoms with Crippen LogP contribution in [0.2, 0.25) is 0 Å². The van der Waals surface area contributed by atoms with Crippen molar-refractivity contribution in [2.24, 2.45) is 0 Å². The number of hydrogen-bond donors (Lipinski definition) is 1. The summed E-state index contributed by atoms with van der Waals surface area (Å²) >= 11 is 2.09. The van der Waals surface area contributed by atoms with Crippen LogP contribution in [0.25, 0.3) is 0 Å². The Kier molecular flexibility index (Phi) is 2.62. The number of hydrogen-bond acceptors (Lipinski definition) is 2. The lowest BCUT2D eigenvalue weighted by Gasteiger charge is -2.05. The Morgan fingerprint density at radius 1 is 1.43 bits per heavy atom. The zero-order valence-electron chi connectivity index (χ0n) is 7.37. The molecule has 2 rings (SSSR count). The molecule has 3 nitrogen and oxygen atoms in total. The van der Waals surface area contributed by atoms with Crippen molar-refractivity contribution in [1.29, 1.82) is 0 Å². The minimum absolute atomic E-state index is 0.285. The molecular formula is C10H9IO3. The molecule has 0 radical (unpaired) electrons. The molecule has 1 aromatic carbocycles. The molecular weight excluding hydrogens is 295 g/mol. The van der Waals surface area contributed by atoms with Crippen molar-refractivity contribution >= 4 is 28.6 Å². The number of carbonyl (C=O) groups is 1. The van der Waals surface area contributed by atoms with E-state index in [2.05, 4.69) is 22.6 Å². The quantitative estimate of drug-likeness (QED) is 0.873. The molecule has 14 heavy (non-hydrogen) atoms. The summed E-state index contributed by atoms with van der Waals surface area (Å²) < 4.78 is 6.42. The molecule has 1 fully saturated rings. The van der Waals surface area contributed by atoms with Gasteiger partial charge in [0.1, 0.15) is 5.75 Å². The zero-order valence-corrected chi connectivity index (χ0v) is 9.52. The smallest absolute Gasteiger partial charge is 0.335 e. The first-order valence-electron chi connectivity index (χ1n) is 4.36. The van der Waals surface area contributed by atoms with Crippen LogP contribution in [0.3, 0.4) is 0 Å². The maximum atomic E-state index is 10.7. The van der Waals surface area contributed by atoms with E-state index in [1.165, 1.54) is 0 Å². The molecule has 0 aromatic heterocycles. The summed E-state index contributed by atoms with van der Waals surface area (Å²) in [7, 11) is 0. The van der Waals surface area contributed by atoms with Crippen LogP contribution in [0.4, 0.5) is 0 Å². The summed E-state index contributed by atoms with van der Waals surface area (Å²) in [4.78, 5) is 10.7. The molecule has 0 spiro atoms. The molecule has 1 saturated carbocycles. The van der Waals surface area contributed by atoms with E-state index in [1.54, 1.807) is 12.1 Å². The van der Waals surface area contributed by atoms with Gasteiger partial charge >= 0.3 is 5.97 Å². The van der Waals surface area contributed by atoms with Crippen molar-refractivity contribution in [3.05, 3.63) is 27.3 Å². The third-order valence-electron chi connectivity index (χ3n) is 1.95. The highest BCUT2D eigenvalue weighted by atomic mass is 127. The van der Waals surface area contributed by atoms with Crippen LogP contribution in [0.15, 0.2) is 18.2 Å². The van der Waals surface area contributed by atoms with E-state index in [4.69, 9.17) is 9.84 Å². The molecule has 0 heterocycles. The second kappa shape index (κ2) is 3.76. The molecule has 0 saturated heterocycles. The van der Waals surface area contributed by atoms with Gasteiger partial charge in [-0.05, 0) is 53.6 Å². The van der Waals surface area contributed by atoms with Gasteiger partial charge in [0.15, 0.2) is 0 Å². The lowest BCUT2D eigenvalue weighted by atomic mass is 10.2. The first-order chi connectivity index (χ1) is 6.65. The van der Waals surface area contributed by atoms with E-state index in [0.29, 0.717) is 11.9 Å². The van der Waals surface area contributed by atoms with Gasteiger partial charge < -0.3 is 9.84 Å². The van der Waals surface area contributed by atoms with Gasteiger partial charge in [-0.1, -0.05) is 0 Å². The number of rotatable bonds is 3. The minimum Gasteiger partial charge on any atom is -0.490 e. The number of halogens is 1. The predicted molar refractivity (Wildman–Crippen MR) is 59.8 cm³/mol. The Balaban J connectivity index is 2.25. The van der Waals surface area contributed by atoms with Gasteiger partial charge in [0.05, 0.1) is 11.7 Å². The fourth-order valence-corrected chi connectivity index (χ4v) is 1.77. The number of carboxylic acid groups (broad SMARTS) is 1. The molecule has 1 aliphatic carbocycles. The Bertz CT molecular complexity index is 372. The third-order valence-corrected chi connectivity index (χ3v) is 2.57. The topological polar surface area (TPSA) is 46.5 Å². The van der Waals surface area contributed by atoms with E-state index in [1.807, 2.05) is 6.07 Å². The average molecular weight is 304 g/mol. The van der Waals surface area contributed by atoms with Gasteiger partial charge in [0.25, 0.3) is 0 Å². The van der Waals surface area contributed by atoms with E-state index in [9.17, 15) is 4.79 Å². The van der Waals surface area contributed by atoms with Crippen LogP contribution < -0.4 is 4.74 Å². The molecule has 0 amide bonds. The van der Waals surface area contributed by atoms with Crippen LogP contribution >= 0.6 is 22.6 Å². The molecule has 0 bridgehead atoms. The number of carboxylic acids is 1. The normalized spacial score (nSPS) is 15.2. The second-order valence-corrected chi connectivity index (χ2v) is 4.54. The van der Waals surface area contributed by atoms with Crippen LogP contribution in [-0.4, -0.2) is 17.2 Å². The lowest BCUT2D eigenvalue weighted by Crippen LogP contribution is -2.01. The summed E-state index contributed by atoms with van der Waals surface area (Å²) in [6.45, 7) is 0. The van der Waals surface area contributed by atoms with Crippen molar-refractivity contribution in [2.45, 2.75) is 18.9 Å². The highest BCUT2D eigenvalue weighted by Crippen LogP contribution is 2.28. The zero-order chi connectivity index (χ0) is 10.1. The summed E-state index contributed by atoms with van der Waals surface area (Å²) in [6, 6.07) is 5.05. The van der Waals surface area contributed by atoms with Gasteiger partial charge in [0, 0.05) is 3.57 Å². The van der Waals surface area contributed by atoms with Gasteiger partial charge in [0.2, 0.25) is 0 Å². The minimum atomic E-state index is -0.913. The first-order valence-corrected chi connectivity index (χ1v) is 5.43. The molecule has 4 heteroatoms. The number of ether oxygens (including phenoxy) is 1. The maximum absolute atomic E-state index is 10.7. The first kappa shape index (κ1) is 9.76. The van der Waals surface area contributed by atoms with Crippen LogP contribution in [0, 0.1) is 3.57 Å². The second-order valence-electron chi connectivity index (χ2n) is 3.30. The summed E-state index contributed by atoms with van der Waals surface area (Å²) in [5.74, 6) is -0.249. The Morgan fingerprint density at radius 2 is 2.14 bits per heavy atom. The third kappa shape index (κ3) is 2.37. The standard InChI is InChI=1S/C10H9IO3/c11-7-3-6(10(12)13)4-9(5-7)14-8-1-2-8/h3-5,8H,1-2H2,(H,12,13). The van der Waals surface area contributed by atoms with Crippen molar-refractivity contribution in [3.8, 4) is 5.75 Å². The largest absolute Gasteiger partial charge is 0.490 e. The summed E-state index contributed by atoms with van der Waals surface area (Å²) in [6.07, 6.45) is 2.46.